The fraction of sp³-hybridized carbons (Fsp3) is 0.489. The fourth-order valence-electron chi connectivity index (χ4n) is 6.57. The lowest BCUT2D eigenvalue weighted by Gasteiger charge is -2.21. The minimum absolute atomic E-state index is 0.0351. The summed E-state index contributed by atoms with van der Waals surface area (Å²) in [5, 5.41) is 15.4. The number of allylic oxidation sites excluding steroid dienone is 2. The third-order valence-electron chi connectivity index (χ3n) is 11.3. The number of amidine groups is 2. The first kappa shape index (κ1) is 46.7. The van der Waals surface area contributed by atoms with Gasteiger partial charge in [0.15, 0.2) is 11.6 Å². The lowest BCUT2D eigenvalue weighted by atomic mass is 9.82. The van der Waals surface area contributed by atoms with Gasteiger partial charge in [-0.3, -0.25) is 34.0 Å². The van der Waals surface area contributed by atoms with E-state index in [-0.39, 0.29) is 60.3 Å². The summed E-state index contributed by atoms with van der Waals surface area (Å²) in [6, 6.07) is 10.7. The van der Waals surface area contributed by atoms with Gasteiger partial charge in [-0.1, -0.05) is 57.0 Å². The van der Waals surface area contributed by atoms with Gasteiger partial charge in [0, 0.05) is 29.9 Å². The van der Waals surface area contributed by atoms with Gasteiger partial charge in [0.1, 0.15) is 28.5 Å². The van der Waals surface area contributed by atoms with Crippen LogP contribution in [0.25, 0.3) is 0 Å². The van der Waals surface area contributed by atoms with Crippen molar-refractivity contribution in [1.82, 2.24) is 10.6 Å². The molecule has 60 heavy (non-hydrogen) atoms. The first-order valence-corrected chi connectivity index (χ1v) is 20.0. The Balaban J connectivity index is 0.000000199. The topological polar surface area (TPSA) is 216 Å². The summed E-state index contributed by atoms with van der Waals surface area (Å²) >= 11 is 0. The number of nitrogens with one attached hydrogen (secondary N) is 2. The van der Waals surface area contributed by atoms with Gasteiger partial charge < -0.3 is 30.0 Å². The number of aryl methyl sites for hydroxylation is 2. The van der Waals surface area contributed by atoms with E-state index >= 15 is 0 Å². The van der Waals surface area contributed by atoms with Gasteiger partial charge in [-0.05, 0) is 77.5 Å². The third-order valence-corrected chi connectivity index (χ3v) is 11.3. The molecule has 2 unspecified atom stereocenters. The number of hydrogen-bond acceptors (Lipinski definition) is 13. The Morgan fingerprint density at radius 2 is 1.20 bits per heavy atom. The van der Waals surface area contributed by atoms with Crippen molar-refractivity contribution in [2.24, 2.45) is 33.7 Å². The summed E-state index contributed by atoms with van der Waals surface area (Å²) < 4.78 is 14.4. The normalized spacial score (nSPS) is 22.1. The van der Waals surface area contributed by atoms with Crippen molar-refractivity contribution < 1.29 is 52.9 Å². The average Bonchev–Trinajstić information content (AvgIpc) is 3.94. The molecule has 2 heterocycles. The van der Waals surface area contributed by atoms with E-state index in [4.69, 9.17) is 14.2 Å². The van der Waals surface area contributed by atoms with Crippen molar-refractivity contribution in [3.8, 4) is 0 Å². The SMILES string of the molecule is CCOC(=O)C1CC(=O)C(=C(O)C2CC2)C(=O)C1.COC(=O)c1cc(C)ccc1C1=NC(C)(C(C)C)C(=O)N1.COC(=O)c1ccc(C)cc1C1=NC(C)(C(C)C)C(=O)N1. The van der Waals surface area contributed by atoms with Crippen molar-refractivity contribution in [2.45, 2.75) is 99.1 Å². The molecule has 6 rings (SSSR count). The second kappa shape index (κ2) is 18.9. The van der Waals surface area contributed by atoms with Crippen LogP contribution in [0.5, 0.6) is 0 Å². The Hall–Kier alpha value is -5.99. The highest BCUT2D eigenvalue weighted by Gasteiger charge is 2.44. The molecule has 2 aliphatic carbocycles. The maximum atomic E-state index is 12.2. The van der Waals surface area contributed by atoms with E-state index in [0.717, 1.165) is 24.0 Å². The van der Waals surface area contributed by atoms with E-state index in [0.29, 0.717) is 33.9 Å². The van der Waals surface area contributed by atoms with Gasteiger partial charge >= 0.3 is 17.9 Å². The number of aliphatic hydroxyl groups is 1. The number of Topliss-reactive ketones (excluding diaryl/α,β-unsaturated/α-hetero) is 2. The Bertz CT molecular complexity index is 2160. The molecular weight excluding hydrogens is 773 g/mol. The summed E-state index contributed by atoms with van der Waals surface area (Å²) in [4.78, 5) is 92.5. The van der Waals surface area contributed by atoms with Crippen LogP contribution in [0, 0.1) is 37.5 Å². The lowest BCUT2D eigenvalue weighted by Crippen LogP contribution is -2.41. The molecule has 0 aromatic heterocycles. The number of aliphatic imine (C=N–C) groups is 2. The van der Waals surface area contributed by atoms with Crippen molar-refractivity contribution in [2.75, 3.05) is 20.8 Å². The molecule has 2 aromatic rings. The first-order valence-electron chi connectivity index (χ1n) is 20.0. The molecule has 4 aliphatic rings. The van der Waals surface area contributed by atoms with Crippen LogP contribution >= 0.6 is 0 Å². The van der Waals surface area contributed by atoms with Crippen LogP contribution in [0.15, 0.2) is 57.7 Å². The molecule has 0 saturated heterocycles. The molecule has 0 radical (unpaired) electrons. The molecule has 322 valence electrons. The minimum atomic E-state index is -0.813. The van der Waals surface area contributed by atoms with Crippen LogP contribution in [0.4, 0.5) is 0 Å². The highest BCUT2D eigenvalue weighted by Crippen LogP contribution is 2.39. The molecule has 2 atom stereocenters. The van der Waals surface area contributed by atoms with E-state index in [1.165, 1.54) is 14.2 Å². The average molecular weight is 829 g/mol. The van der Waals surface area contributed by atoms with E-state index in [2.05, 4.69) is 20.6 Å². The number of methoxy groups -OCH3 is 2. The number of hydrogen-bond donors (Lipinski definition) is 3. The summed E-state index contributed by atoms with van der Waals surface area (Å²) in [6.07, 6.45) is 1.54. The molecule has 0 spiro atoms. The number of carbonyl (C=O) groups is 7. The second-order valence-corrected chi connectivity index (χ2v) is 16.3. The summed E-state index contributed by atoms with van der Waals surface area (Å²) in [7, 11) is 2.67. The van der Waals surface area contributed by atoms with E-state index in [1.54, 1.807) is 39.0 Å². The third kappa shape index (κ3) is 10.1. The summed E-state index contributed by atoms with van der Waals surface area (Å²) in [6.45, 7) is 17.1. The quantitative estimate of drug-likeness (QED) is 0.0948. The second-order valence-electron chi connectivity index (χ2n) is 16.3. The number of nitrogens with zero attached hydrogens (tertiary/aromatic N) is 2. The number of carbonyl (C=O) groups excluding carboxylic acids is 7. The highest BCUT2D eigenvalue weighted by atomic mass is 16.5. The zero-order valence-electron chi connectivity index (χ0n) is 36.2. The molecule has 2 saturated carbocycles. The van der Waals surface area contributed by atoms with Gasteiger partial charge in [0.2, 0.25) is 0 Å². The van der Waals surface area contributed by atoms with Crippen LogP contribution in [0.2, 0.25) is 0 Å². The van der Waals surface area contributed by atoms with Gasteiger partial charge in [-0.15, -0.1) is 0 Å². The molecule has 2 amide bonds. The van der Waals surface area contributed by atoms with Gasteiger partial charge in [0.05, 0.1) is 43.4 Å². The molecule has 2 aromatic carbocycles. The minimum Gasteiger partial charge on any atom is -0.511 e. The predicted octanol–water partition coefficient (Wildman–Crippen LogP) is 5.47. The van der Waals surface area contributed by atoms with Crippen molar-refractivity contribution in [3.63, 3.8) is 0 Å². The molecule has 0 bridgehead atoms. The molecule has 2 aliphatic heterocycles. The van der Waals surface area contributed by atoms with Gasteiger partial charge in [0.25, 0.3) is 11.8 Å². The van der Waals surface area contributed by atoms with Crippen LogP contribution in [-0.2, 0) is 38.2 Å². The number of rotatable bonds is 9. The first-order chi connectivity index (χ1) is 28.1. The Kier molecular flexibility index (Phi) is 14.7. The summed E-state index contributed by atoms with van der Waals surface area (Å²) in [5.74, 6) is -2.40. The number of amides is 2. The maximum Gasteiger partial charge on any atom is 0.338 e. The maximum absolute atomic E-state index is 12.2. The van der Waals surface area contributed by atoms with Gasteiger partial charge in [-0.2, -0.15) is 0 Å². The van der Waals surface area contributed by atoms with Crippen LogP contribution in [0.3, 0.4) is 0 Å². The van der Waals surface area contributed by atoms with Crippen LogP contribution in [0.1, 0.15) is 117 Å². The van der Waals surface area contributed by atoms with Crippen LogP contribution < -0.4 is 10.6 Å². The molecule has 2 fully saturated rings. The van der Waals surface area contributed by atoms with Crippen molar-refractivity contribution in [3.05, 3.63) is 81.1 Å². The molecule has 3 N–H and O–H groups in total. The van der Waals surface area contributed by atoms with Gasteiger partial charge in [-0.25, -0.2) is 9.59 Å². The van der Waals surface area contributed by atoms with Crippen molar-refractivity contribution in [1.29, 1.82) is 0 Å². The van der Waals surface area contributed by atoms with E-state index in [9.17, 15) is 38.7 Å². The Labute approximate surface area is 350 Å². The number of benzene rings is 2. The molecule has 15 nitrogen and oxygen atoms in total. The number of ether oxygens (including phenoxy) is 3. The van der Waals surface area contributed by atoms with E-state index in [1.807, 2.05) is 59.7 Å². The Morgan fingerprint density at radius 1 is 0.733 bits per heavy atom. The largest absolute Gasteiger partial charge is 0.511 e. The van der Waals surface area contributed by atoms with Crippen molar-refractivity contribution >= 4 is 53.0 Å². The predicted molar refractivity (Wildman–Crippen MR) is 223 cm³/mol. The summed E-state index contributed by atoms with van der Waals surface area (Å²) in [5.41, 5.74) is 2.20. The lowest BCUT2D eigenvalue weighted by molar-refractivity contribution is -0.151. The molecule has 15 heteroatoms. The highest BCUT2D eigenvalue weighted by molar-refractivity contribution is 6.23. The Morgan fingerprint density at radius 3 is 1.65 bits per heavy atom. The fourth-order valence-corrected chi connectivity index (χ4v) is 6.57. The van der Waals surface area contributed by atoms with E-state index < -0.39 is 46.5 Å². The van der Waals surface area contributed by atoms with Crippen LogP contribution in [-0.4, -0.2) is 90.0 Å². The zero-order chi connectivity index (χ0) is 44.9. The zero-order valence-corrected chi connectivity index (χ0v) is 36.2. The monoisotopic (exact) mass is 828 g/mol. The standard InChI is InChI=1S/2C16H20N2O3.C13H16O5/c1-9(2)16(4)15(20)17-13(18-16)12-8-10(3)6-7-11(12)14(19)21-5;1-9(2)16(4)15(20)17-13(18-16)11-7-6-10(3)8-12(11)14(19)21-5;1-2-18-13(17)8-5-9(14)11(10(15)6-8)12(16)7-3-4-7/h2*6-9H,1-5H3,(H,17,18,20);7-8,16H,2-6H2,1H3. The number of ketones is 2. The smallest absolute Gasteiger partial charge is 0.338 e. The number of aliphatic hydroxyl groups excluding tert-OH is 1. The number of esters is 3. The molecular formula is C45H56N4O11.